The van der Waals surface area contributed by atoms with Crippen LogP contribution in [0.15, 0.2) is 39.9 Å². The second-order valence-corrected chi connectivity index (χ2v) is 7.21. The van der Waals surface area contributed by atoms with Crippen molar-refractivity contribution in [2.45, 2.75) is 0 Å². The van der Waals surface area contributed by atoms with Gasteiger partial charge in [-0.3, -0.25) is 4.79 Å². The molecule has 108 valence electrons. The van der Waals surface area contributed by atoms with Gasteiger partial charge in [-0.1, -0.05) is 33.8 Å². The van der Waals surface area contributed by atoms with Crippen LogP contribution >= 0.6 is 39.5 Å². The summed E-state index contributed by atoms with van der Waals surface area (Å²) in [6, 6.07) is 3.67. The summed E-state index contributed by atoms with van der Waals surface area (Å²) in [5.41, 5.74) is 1.27. The Morgan fingerprint density at radius 2 is 2.19 bits per heavy atom. The molecule has 0 N–H and O–H groups in total. The lowest BCUT2D eigenvalue weighted by atomic mass is 10.1. The smallest absolute Gasteiger partial charge is 0.244 e. The van der Waals surface area contributed by atoms with Crippen LogP contribution in [0.2, 0.25) is 0 Å². The van der Waals surface area contributed by atoms with Crippen LogP contribution in [0.3, 0.4) is 0 Å². The average molecular weight is 384 g/mol. The molecule has 21 heavy (non-hydrogen) atoms. The molecular formula is C14H10BrNO3S2. The van der Waals surface area contributed by atoms with Gasteiger partial charge < -0.3 is 9.47 Å². The lowest BCUT2D eigenvalue weighted by Gasteiger charge is -2.02. The number of nitrogens with zero attached hydrogens (tertiary/aromatic N) is 1. The van der Waals surface area contributed by atoms with Crippen molar-refractivity contribution in [3.8, 4) is 11.5 Å². The van der Waals surface area contributed by atoms with Gasteiger partial charge in [-0.25, -0.2) is 4.99 Å². The van der Waals surface area contributed by atoms with Crippen LogP contribution in [-0.2, 0) is 4.79 Å². The zero-order chi connectivity index (χ0) is 14.8. The molecule has 0 saturated carbocycles. The molecule has 3 rings (SSSR count). The van der Waals surface area contributed by atoms with E-state index < -0.39 is 0 Å². The molecule has 0 saturated heterocycles. The fourth-order valence-electron chi connectivity index (χ4n) is 1.77. The van der Waals surface area contributed by atoms with E-state index in [2.05, 4.69) is 27.5 Å². The van der Waals surface area contributed by atoms with Gasteiger partial charge in [0.05, 0.1) is 0 Å². The quantitative estimate of drug-likeness (QED) is 0.581. The van der Waals surface area contributed by atoms with Gasteiger partial charge in [-0.05, 0) is 35.5 Å². The zero-order valence-electron chi connectivity index (χ0n) is 10.8. The first-order valence-corrected chi connectivity index (χ1v) is 8.62. The molecule has 1 aromatic carbocycles. The third-order valence-electron chi connectivity index (χ3n) is 2.71. The molecule has 0 bridgehead atoms. The monoisotopic (exact) mass is 383 g/mol. The van der Waals surface area contributed by atoms with Gasteiger partial charge in [-0.2, -0.15) is 0 Å². The highest BCUT2D eigenvalue weighted by Crippen LogP contribution is 2.39. The van der Waals surface area contributed by atoms with E-state index in [1.807, 2.05) is 12.1 Å². The molecule has 4 nitrogen and oxygen atoms in total. The first kappa shape index (κ1) is 14.7. The van der Waals surface area contributed by atoms with E-state index in [0.29, 0.717) is 17.2 Å². The van der Waals surface area contributed by atoms with Crippen molar-refractivity contribution in [1.29, 1.82) is 0 Å². The molecule has 0 amide bonds. The van der Waals surface area contributed by atoms with Crippen molar-refractivity contribution in [1.82, 2.24) is 0 Å². The summed E-state index contributed by atoms with van der Waals surface area (Å²) in [6.45, 7) is 3.88. The predicted molar refractivity (Wildman–Crippen MR) is 90.9 cm³/mol. The number of fused-ring (bicyclic) bond motifs is 1. The third-order valence-corrected chi connectivity index (χ3v) is 5.40. The Labute approximate surface area is 138 Å². The summed E-state index contributed by atoms with van der Waals surface area (Å²) in [4.78, 5) is 16.3. The molecule has 2 aliphatic rings. The Hall–Kier alpha value is -1.18. The minimum atomic E-state index is -0.0499. The molecule has 2 heterocycles. The van der Waals surface area contributed by atoms with Gasteiger partial charge in [0.2, 0.25) is 11.9 Å². The summed E-state index contributed by atoms with van der Waals surface area (Å²) in [5, 5.41) is -0.0499. The normalized spacial score (nSPS) is 18.2. The standard InChI is InChI=1S/C14H10BrNO3S2/c1-2-3-20-14-16-10(13(17)21-14)4-8-5-11-12(6-9(8)15)19-7-18-11/h2,4-6H,1,3,7H2/b10-4+. The largest absolute Gasteiger partial charge is 0.454 e. The number of carbonyl (C=O) groups is 1. The summed E-state index contributed by atoms with van der Waals surface area (Å²) >= 11 is 6.12. The number of rotatable bonds is 3. The second kappa shape index (κ2) is 6.29. The van der Waals surface area contributed by atoms with Crippen molar-refractivity contribution in [2.75, 3.05) is 12.5 Å². The van der Waals surface area contributed by atoms with E-state index in [1.165, 1.54) is 11.8 Å². The number of hydrogen-bond acceptors (Lipinski definition) is 6. The summed E-state index contributed by atoms with van der Waals surface area (Å²) in [5.74, 6) is 2.11. The number of hydrogen-bond donors (Lipinski definition) is 0. The fourth-order valence-corrected chi connectivity index (χ4v) is 3.81. The van der Waals surface area contributed by atoms with E-state index in [1.54, 1.807) is 12.2 Å². The Morgan fingerprint density at radius 3 is 2.95 bits per heavy atom. The summed E-state index contributed by atoms with van der Waals surface area (Å²) in [6.07, 6.45) is 3.54. The van der Waals surface area contributed by atoms with Gasteiger partial charge in [0.15, 0.2) is 11.5 Å². The Kier molecular flexibility index (Phi) is 4.42. The number of halogens is 1. The first-order valence-electron chi connectivity index (χ1n) is 6.03. The topological polar surface area (TPSA) is 47.9 Å². The molecule has 0 aromatic heterocycles. The van der Waals surface area contributed by atoms with Gasteiger partial charge in [0.1, 0.15) is 10.1 Å². The van der Waals surface area contributed by atoms with E-state index in [-0.39, 0.29) is 11.9 Å². The molecule has 0 fully saturated rings. The third kappa shape index (κ3) is 3.20. The van der Waals surface area contributed by atoms with Crippen LogP contribution in [-0.4, -0.2) is 22.0 Å². The molecule has 1 aromatic rings. The molecule has 0 unspecified atom stereocenters. The van der Waals surface area contributed by atoms with E-state index in [0.717, 1.165) is 31.9 Å². The highest BCUT2D eigenvalue weighted by Gasteiger charge is 2.23. The van der Waals surface area contributed by atoms with Crippen LogP contribution in [0, 0.1) is 0 Å². The molecule has 7 heteroatoms. The lowest BCUT2D eigenvalue weighted by molar-refractivity contribution is -0.107. The van der Waals surface area contributed by atoms with Crippen molar-refractivity contribution < 1.29 is 14.3 Å². The number of ether oxygens (including phenoxy) is 2. The van der Waals surface area contributed by atoms with Crippen molar-refractivity contribution in [3.05, 3.63) is 40.5 Å². The van der Waals surface area contributed by atoms with Gasteiger partial charge in [-0.15, -0.1) is 6.58 Å². The van der Waals surface area contributed by atoms with Crippen LogP contribution in [0.25, 0.3) is 6.08 Å². The SMILES string of the molecule is C=CCSC1=N/C(=C/c2cc3c(cc2Br)OCO3)C(=O)S1. The van der Waals surface area contributed by atoms with Gasteiger partial charge in [0, 0.05) is 10.2 Å². The second-order valence-electron chi connectivity index (χ2n) is 4.12. The van der Waals surface area contributed by atoms with Crippen molar-refractivity contribution >= 4 is 55.0 Å². The van der Waals surface area contributed by atoms with E-state index >= 15 is 0 Å². The van der Waals surface area contributed by atoms with Crippen LogP contribution in [0.1, 0.15) is 5.56 Å². The maximum Gasteiger partial charge on any atom is 0.244 e. The molecule has 2 aliphatic heterocycles. The number of thioether (sulfide) groups is 2. The molecule has 0 aliphatic carbocycles. The average Bonchev–Trinajstić information content (AvgIpc) is 3.04. The zero-order valence-corrected chi connectivity index (χ0v) is 14.0. The highest BCUT2D eigenvalue weighted by molar-refractivity contribution is 9.10. The fraction of sp³-hybridized carbons (Fsp3) is 0.143. The van der Waals surface area contributed by atoms with Crippen LogP contribution < -0.4 is 9.47 Å². The Balaban J connectivity index is 1.89. The number of carbonyl (C=O) groups excluding carboxylic acids is 1. The molecule has 0 spiro atoms. The van der Waals surface area contributed by atoms with E-state index in [9.17, 15) is 4.79 Å². The number of aliphatic imine (C=N–C) groups is 1. The molecule has 0 atom stereocenters. The maximum absolute atomic E-state index is 12.0. The van der Waals surface area contributed by atoms with Crippen molar-refractivity contribution in [3.63, 3.8) is 0 Å². The number of benzene rings is 1. The summed E-state index contributed by atoms with van der Waals surface area (Å²) in [7, 11) is 0. The van der Waals surface area contributed by atoms with Gasteiger partial charge in [0.25, 0.3) is 0 Å². The predicted octanol–water partition coefficient (Wildman–Crippen LogP) is 4.07. The lowest BCUT2D eigenvalue weighted by Crippen LogP contribution is -1.92. The van der Waals surface area contributed by atoms with Crippen LogP contribution in [0.4, 0.5) is 0 Å². The maximum atomic E-state index is 12.0. The first-order chi connectivity index (χ1) is 10.2. The van der Waals surface area contributed by atoms with Gasteiger partial charge >= 0.3 is 0 Å². The molecular weight excluding hydrogens is 374 g/mol. The van der Waals surface area contributed by atoms with Crippen LogP contribution in [0.5, 0.6) is 11.5 Å². The van der Waals surface area contributed by atoms with E-state index in [4.69, 9.17) is 9.47 Å². The van der Waals surface area contributed by atoms with Crippen molar-refractivity contribution in [2.24, 2.45) is 4.99 Å². The minimum Gasteiger partial charge on any atom is -0.454 e. The Morgan fingerprint density at radius 1 is 1.43 bits per heavy atom. The Bertz CT molecular complexity index is 685. The minimum absolute atomic E-state index is 0.0499. The summed E-state index contributed by atoms with van der Waals surface area (Å²) < 4.78 is 12.2. The molecule has 0 radical (unpaired) electrons. The highest BCUT2D eigenvalue weighted by atomic mass is 79.9.